The van der Waals surface area contributed by atoms with E-state index in [1.807, 2.05) is 0 Å². The van der Waals surface area contributed by atoms with Crippen molar-refractivity contribution in [1.29, 1.82) is 0 Å². The molecule has 2 atom stereocenters. The van der Waals surface area contributed by atoms with Gasteiger partial charge >= 0.3 is 0 Å². The Morgan fingerprint density at radius 2 is 1.64 bits per heavy atom. The summed E-state index contributed by atoms with van der Waals surface area (Å²) in [6.07, 6.45) is 5.77. The summed E-state index contributed by atoms with van der Waals surface area (Å²) in [5.41, 5.74) is 1.02. The van der Waals surface area contributed by atoms with Crippen molar-refractivity contribution in [1.82, 2.24) is 9.80 Å². The summed E-state index contributed by atoms with van der Waals surface area (Å²) in [5, 5.41) is 10.8. The number of piperidine rings is 1. The van der Waals surface area contributed by atoms with E-state index in [0.29, 0.717) is 5.92 Å². The van der Waals surface area contributed by atoms with Crippen LogP contribution in [-0.2, 0) is 0 Å². The summed E-state index contributed by atoms with van der Waals surface area (Å²) in [6, 6.07) is 10.8. The van der Waals surface area contributed by atoms with Crippen LogP contribution in [0.2, 0.25) is 0 Å². The van der Waals surface area contributed by atoms with Crippen LogP contribution in [0.3, 0.4) is 0 Å². The van der Waals surface area contributed by atoms with Crippen LogP contribution in [0, 0.1) is 5.92 Å². The molecule has 1 N–H and O–H groups in total. The van der Waals surface area contributed by atoms with E-state index >= 15 is 0 Å². The average molecular weight is 344 g/mol. The number of likely N-dealkylation sites (tertiary alicyclic amines) is 1. The first-order valence-corrected chi connectivity index (χ1v) is 10.2. The number of aliphatic hydroxyl groups is 1. The van der Waals surface area contributed by atoms with Crippen molar-refractivity contribution in [2.75, 3.05) is 57.3 Å². The Morgan fingerprint density at radius 3 is 2.44 bits per heavy atom. The van der Waals surface area contributed by atoms with E-state index in [-0.39, 0.29) is 5.60 Å². The molecule has 2 aliphatic heterocycles. The van der Waals surface area contributed by atoms with Gasteiger partial charge in [-0.15, -0.1) is 0 Å². The van der Waals surface area contributed by atoms with Gasteiger partial charge in [-0.1, -0.05) is 31.0 Å². The summed E-state index contributed by atoms with van der Waals surface area (Å²) in [4.78, 5) is 7.72. The van der Waals surface area contributed by atoms with E-state index in [9.17, 15) is 5.11 Å². The first-order chi connectivity index (χ1) is 12.2. The molecule has 25 heavy (non-hydrogen) atoms. The molecule has 0 radical (unpaired) electrons. The lowest BCUT2D eigenvalue weighted by molar-refractivity contribution is -0.0959. The molecule has 0 amide bonds. The van der Waals surface area contributed by atoms with Crippen LogP contribution in [0.4, 0.5) is 5.69 Å². The van der Waals surface area contributed by atoms with Gasteiger partial charge in [0.25, 0.3) is 0 Å². The third-order valence-electron chi connectivity index (χ3n) is 6.74. The first-order valence-electron chi connectivity index (χ1n) is 10.2. The molecule has 0 aromatic heterocycles. The highest BCUT2D eigenvalue weighted by Crippen LogP contribution is 2.39. The predicted octanol–water partition coefficient (Wildman–Crippen LogP) is 2.44. The lowest BCUT2D eigenvalue weighted by atomic mass is 9.71. The van der Waals surface area contributed by atoms with Crippen molar-refractivity contribution in [3.05, 3.63) is 30.3 Å². The van der Waals surface area contributed by atoms with Gasteiger partial charge in [0.2, 0.25) is 0 Å². The minimum absolute atomic E-state index is 0.337. The number of benzene rings is 1. The van der Waals surface area contributed by atoms with Gasteiger partial charge in [0.1, 0.15) is 0 Å². The van der Waals surface area contributed by atoms with Crippen molar-refractivity contribution in [2.45, 2.75) is 37.7 Å². The lowest BCUT2D eigenvalue weighted by Crippen LogP contribution is -2.55. The molecule has 1 aromatic rings. The van der Waals surface area contributed by atoms with Gasteiger partial charge in [0.15, 0.2) is 0 Å². The van der Waals surface area contributed by atoms with Gasteiger partial charge in [0, 0.05) is 64.0 Å². The number of rotatable bonds is 4. The maximum Gasteiger partial charge on any atom is 0.0700 e. The zero-order valence-electron chi connectivity index (χ0n) is 15.4. The van der Waals surface area contributed by atoms with Crippen molar-refractivity contribution < 1.29 is 5.11 Å². The quantitative estimate of drug-likeness (QED) is 0.909. The molecule has 0 spiro atoms. The van der Waals surface area contributed by atoms with E-state index in [2.05, 4.69) is 45.0 Å². The van der Waals surface area contributed by atoms with Crippen LogP contribution in [0.1, 0.15) is 32.1 Å². The van der Waals surface area contributed by atoms with Crippen LogP contribution in [0.25, 0.3) is 0 Å². The normalized spacial score (nSPS) is 31.7. The van der Waals surface area contributed by atoms with Gasteiger partial charge in [-0.25, -0.2) is 0 Å². The van der Waals surface area contributed by atoms with Gasteiger partial charge in [-0.2, -0.15) is 0 Å². The second kappa shape index (κ2) is 7.65. The molecule has 2 saturated heterocycles. The molecule has 4 heteroatoms. The Bertz CT molecular complexity index is 543. The predicted molar refractivity (Wildman–Crippen MR) is 103 cm³/mol. The Labute approximate surface area is 152 Å². The van der Waals surface area contributed by atoms with E-state index in [0.717, 1.165) is 58.7 Å². The number of fused-ring (bicyclic) bond motifs is 1. The van der Waals surface area contributed by atoms with Crippen LogP contribution in [0.15, 0.2) is 30.3 Å². The molecule has 4 nitrogen and oxygen atoms in total. The topological polar surface area (TPSA) is 30.0 Å². The third kappa shape index (κ3) is 4.02. The number of nitrogens with zero attached hydrogens (tertiary/aromatic N) is 3. The van der Waals surface area contributed by atoms with Crippen molar-refractivity contribution in [3.8, 4) is 0 Å². The van der Waals surface area contributed by atoms with Crippen LogP contribution in [-0.4, -0.2) is 72.9 Å². The fraction of sp³-hybridized carbons (Fsp3) is 0.714. The molecule has 3 fully saturated rings. The smallest absolute Gasteiger partial charge is 0.0700 e. The highest BCUT2D eigenvalue weighted by atomic mass is 16.3. The molecule has 3 aliphatic rings. The highest BCUT2D eigenvalue weighted by molar-refractivity contribution is 5.46. The van der Waals surface area contributed by atoms with Gasteiger partial charge in [-0.05, 0) is 31.4 Å². The van der Waals surface area contributed by atoms with Gasteiger partial charge in [-0.3, -0.25) is 4.90 Å². The monoisotopic (exact) mass is 343 g/mol. The minimum atomic E-state index is -0.337. The molecule has 2 heterocycles. The lowest BCUT2D eigenvalue weighted by Gasteiger charge is -2.48. The summed E-state index contributed by atoms with van der Waals surface area (Å²) in [6.45, 7) is 9.12. The maximum atomic E-state index is 10.8. The third-order valence-corrected chi connectivity index (χ3v) is 6.74. The highest BCUT2D eigenvalue weighted by Gasteiger charge is 2.42. The fourth-order valence-corrected chi connectivity index (χ4v) is 4.99. The Balaban J connectivity index is 1.21. The van der Waals surface area contributed by atoms with Crippen molar-refractivity contribution in [2.24, 2.45) is 5.92 Å². The summed E-state index contributed by atoms with van der Waals surface area (Å²) >= 11 is 0. The van der Waals surface area contributed by atoms with Crippen molar-refractivity contribution >= 4 is 5.69 Å². The molecule has 1 aliphatic carbocycles. The number of anilines is 1. The maximum absolute atomic E-state index is 10.8. The first kappa shape index (κ1) is 17.3. The minimum Gasteiger partial charge on any atom is -0.390 e. The number of piperazine rings is 1. The SMILES string of the molecule is O[C@]12CCCC[C@H]1CN(CCN1CCN(c3ccccc3)CC1)CC2. The number of para-hydroxylation sites is 1. The second-order valence-electron chi connectivity index (χ2n) is 8.26. The molecular formula is C21H33N3O. The van der Waals surface area contributed by atoms with E-state index in [1.54, 1.807) is 0 Å². The van der Waals surface area contributed by atoms with Gasteiger partial charge in [0.05, 0.1) is 5.60 Å². The van der Waals surface area contributed by atoms with E-state index in [4.69, 9.17) is 0 Å². The Morgan fingerprint density at radius 1 is 0.880 bits per heavy atom. The van der Waals surface area contributed by atoms with E-state index < -0.39 is 0 Å². The second-order valence-corrected chi connectivity index (χ2v) is 8.26. The Hall–Kier alpha value is -1.10. The zero-order valence-corrected chi connectivity index (χ0v) is 15.4. The summed E-state index contributed by atoms with van der Waals surface area (Å²) in [7, 11) is 0. The van der Waals surface area contributed by atoms with Crippen molar-refractivity contribution in [3.63, 3.8) is 0 Å². The van der Waals surface area contributed by atoms with Crippen LogP contribution in [0.5, 0.6) is 0 Å². The number of hydrogen-bond acceptors (Lipinski definition) is 4. The summed E-state index contributed by atoms with van der Waals surface area (Å²) < 4.78 is 0. The average Bonchev–Trinajstić information content (AvgIpc) is 2.67. The zero-order chi connectivity index (χ0) is 17.1. The molecule has 1 saturated carbocycles. The van der Waals surface area contributed by atoms with Crippen LogP contribution >= 0.6 is 0 Å². The fourth-order valence-electron chi connectivity index (χ4n) is 4.99. The van der Waals surface area contributed by atoms with Gasteiger partial charge < -0.3 is 14.9 Å². The molecule has 4 rings (SSSR count). The standard InChI is InChI=1S/C21H33N3O/c25-21-9-5-4-6-19(21)18-23(11-10-21)13-12-22-14-16-24(17-15-22)20-7-2-1-3-8-20/h1-3,7-8,19,25H,4-6,9-18H2/t19-,21-/m0/s1. The summed E-state index contributed by atoms with van der Waals surface area (Å²) in [5.74, 6) is 0.518. The Kier molecular flexibility index (Phi) is 5.30. The number of hydrogen-bond donors (Lipinski definition) is 1. The van der Waals surface area contributed by atoms with E-state index in [1.165, 1.54) is 31.5 Å². The molecule has 138 valence electrons. The molecule has 0 unspecified atom stereocenters. The largest absolute Gasteiger partial charge is 0.390 e. The molecular weight excluding hydrogens is 310 g/mol. The van der Waals surface area contributed by atoms with Crippen LogP contribution < -0.4 is 4.90 Å². The molecule has 1 aromatic carbocycles. The molecule has 0 bridgehead atoms.